The SMILES string of the molecule is Cc1cccc(C2CC(Nc3cc(C)ccc3Cl)C2)c1. The lowest BCUT2D eigenvalue weighted by molar-refractivity contribution is 0.374. The van der Waals surface area contributed by atoms with Crippen molar-refractivity contribution in [2.24, 2.45) is 0 Å². The summed E-state index contributed by atoms with van der Waals surface area (Å²) in [6.45, 7) is 4.25. The van der Waals surface area contributed by atoms with E-state index in [0.717, 1.165) is 10.7 Å². The molecule has 20 heavy (non-hydrogen) atoms. The first-order chi connectivity index (χ1) is 9.61. The van der Waals surface area contributed by atoms with Gasteiger partial charge in [0, 0.05) is 6.04 Å². The van der Waals surface area contributed by atoms with E-state index in [2.05, 4.69) is 49.5 Å². The number of halogens is 1. The van der Waals surface area contributed by atoms with E-state index in [0.29, 0.717) is 12.0 Å². The molecule has 0 heterocycles. The third-order valence-corrected chi connectivity index (χ3v) is 4.46. The molecular formula is C18H20ClN. The summed E-state index contributed by atoms with van der Waals surface area (Å²) < 4.78 is 0. The highest BCUT2D eigenvalue weighted by Crippen LogP contribution is 2.39. The van der Waals surface area contributed by atoms with Crippen molar-refractivity contribution in [3.8, 4) is 0 Å². The maximum absolute atomic E-state index is 6.23. The summed E-state index contributed by atoms with van der Waals surface area (Å²) in [6, 6.07) is 15.5. The van der Waals surface area contributed by atoms with Gasteiger partial charge in [-0.25, -0.2) is 0 Å². The zero-order valence-corrected chi connectivity index (χ0v) is 12.7. The first kappa shape index (κ1) is 13.5. The molecule has 2 heteroatoms. The molecule has 1 fully saturated rings. The molecule has 1 nitrogen and oxygen atoms in total. The van der Waals surface area contributed by atoms with Crippen molar-refractivity contribution in [2.75, 3.05) is 5.32 Å². The number of anilines is 1. The second kappa shape index (κ2) is 5.49. The largest absolute Gasteiger partial charge is 0.381 e. The van der Waals surface area contributed by atoms with Gasteiger partial charge in [0.25, 0.3) is 0 Å². The molecule has 0 aliphatic heterocycles. The van der Waals surface area contributed by atoms with Crippen LogP contribution in [0, 0.1) is 13.8 Å². The average molecular weight is 286 g/mol. The van der Waals surface area contributed by atoms with Gasteiger partial charge in [-0.3, -0.25) is 0 Å². The standard InChI is InChI=1S/C18H20ClN/c1-12-4-3-5-14(8-12)15-10-16(11-15)20-18-9-13(2)6-7-17(18)19/h3-9,15-16,20H,10-11H2,1-2H3. The van der Waals surface area contributed by atoms with Crippen LogP contribution in [0.3, 0.4) is 0 Å². The second-order valence-electron chi connectivity index (χ2n) is 5.91. The number of hydrogen-bond donors (Lipinski definition) is 1. The molecule has 0 aromatic heterocycles. The van der Waals surface area contributed by atoms with Crippen molar-refractivity contribution >= 4 is 17.3 Å². The van der Waals surface area contributed by atoms with Crippen LogP contribution in [0.25, 0.3) is 0 Å². The highest BCUT2D eigenvalue weighted by molar-refractivity contribution is 6.33. The minimum absolute atomic E-state index is 0.541. The van der Waals surface area contributed by atoms with Crippen molar-refractivity contribution in [3.63, 3.8) is 0 Å². The lowest BCUT2D eigenvalue weighted by Gasteiger charge is -2.37. The molecular weight excluding hydrogens is 266 g/mol. The molecule has 0 bridgehead atoms. The summed E-state index contributed by atoms with van der Waals surface area (Å²) in [5.41, 5.74) is 5.13. The summed E-state index contributed by atoms with van der Waals surface area (Å²) >= 11 is 6.23. The third kappa shape index (κ3) is 2.83. The average Bonchev–Trinajstić information content (AvgIpc) is 2.37. The van der Waals surface area contributed by atoms with Crippen LogP contribution in [0.2, 0.25) is 5.02 Å². The van der Waals surface area contributed by atoms with Gasteiger partial charge >= 0.3 is 0 Å². The first-order valence-electron chi connectivity index (χ1n) is 7.21. The van der Waals surface area contributed by atoms with Gasteiger partial charge in [0.15, 0.2) is 0 Å². The normalized spacial score (nSPS) is 21.4. The monoisotopic (exact) mass is 285 g/mol. The highest BCUT2D eigenvalue weighted by Gasteiger charge is 2.30. The number of nitrogens with one attached hydrogen (secondary N) is 1. The zero-order valence-electron chi connectivity index (χ0n) is 12.0. The summed E-state index contributed by atoms with van der Waals surface area (Å²) in [7, 11) is 0. The van der Waals surface area contributed by atoms with Crippen molar-refractivity contribution in [2.45, 2.75) is 38.6 Å². The van der Waals surface area contributed by atoms with Crippen LogP contribution in [0.4, 0.5) is 5.69 Å². The molecule has 1 saturated carbocycles. The van der Waals surface area contributed by atoms with Crippen LogP contribution in [-0.2, 0) is 0 Å². The van der Waals surface area contributed by atoms with Gasteiger partial charge in [0.2, 0.25) is 0 Å². The molecule has 104 valence electrons. The van der Waals surface area contributed by atoms with E-state index in [-0.39, 0.29) is 0 Å². The molecule has 3 rings (SSSR count). The Morgan fingerprint density at radius 1 is 1.00 bits per heavy atom. The van der Waals surface area contributed by atoms with Gasteiger partial charge in [0.05, 0.1) is 10.7 Å². The van der Waals surface area contributed by atoms with Gasteiger partial charge < -0.3 is 5.32 Å². The molecule has 1 aliphatic carbocycles. The Labute approximate surface area is 126 Å². The Balaban J connectivity index is 1.62. The Morgan fingerprint density at radius 3 is 2.50 bits per heavy atom. The van der Waals surface area contributed by atoms with E-state index in [1.807, 2.05) is 12.1 Å². The summed E-state index contributed by atoms with van der Waals surface area (Å²) in [5, 5.41) is 4.38. The molecule has 2 aromatic rings. The topological polar surface area (TPSA) is 12.0 Å². The van der Waals surface area contributed by atoms with Crippen LogP contribution in [0.15, 0.2) is 42.5 Å². The Kier molecular flexibility index (Phi) is 3.71. The predicted octanol–water partition coefficient (Wildman–Crippen LogP) is 5.31. The molecule has 0 atom stereocenters. The molecule has 2 aromatic carbocycles. The fourth-order valence-corrected chi connectivity index (χ4v) is 3.07. The van der Waals surface area contributed by atoms with Crippen LogP contribution in [0.1, 0.15) is 35.4 Å². The van der Waals surface area contributed by atoms with Gasteiger partial charge in [-0.15, -0.1) is 0 Å². The molecule has 0 radical (unpaired) electrons. The van der Waals surface area contributed by atoms with E-state index < -0.39 is 0 Å². The van der Waals surface area contributed by atoms with Crippen molar-refractivity contribution in [1.29, 1.82) is 0 Å². The van der Waals surface area contributed by atoms with Crippen molar-refractivity contribution in [1.82, 2.24) is 0 Å². The van der Waals surface area contributed by atoms with Gasteiger partial charge in [-0.05, 0) is 55.9 Å². The van der Waals surface area contributed by atoms with Gasteiger partial charge in [-0.2, -0.15) is 0 Å². The molecule has 0 amide bonds. The number of aryl methyl sites for hydroxylation is 2. The summed E-state index contributed by atoms with van der Waals surface area (Å²) in [4.78, 5) is 0. The quantitative estimate of drug-likeness (QED) is 0.805. The van der Waals surface area contributed by atoms with Gasteiger partial charge in [-0.1, -0.05) is 47.5 Å². The van der Waals surface area contributed by atoms with Crippen LogP contribution >= 0.6 is 11.6 Å². The van der Waals surface area contributed by atoms with Crippen LogP contribution in [0.5, 0.6) is 0 Å². The molecule has 0 saturated heterocycles. The summed E-state index contributed by atoms with van der Waals surface area (Å²) in [5.74, 6) is 0.691. The predicted molar refractivity (Wildman–Crippen MR) is 86.8 cm³/mol. The minimum atomic E-state index is 0.541. The third-order valence-electron chi connectivity index (χ3n) is 4.13. The van der Waals surface area contributed by atoms with E-state index in [9.17, 15) is 0 Å². The number of hydrogen-bond acceptors (Lipinski definition) is 1. The zero-order chi connectivity index (χ0) is 14.1. The van der Waals surface area contributed by atoms with E-state index in [1.165, 1.54) is 29.5 Å². The molecule has 0 unspecified atom stereocenters. The lowest BCUT2D eigenvalue weighted by atomic mass is 9.75. The van der Waals surface area contributed by atoms with E-state index >= 15 is 0 Å². The Bertz CT molecular complexity index is 615. The fraction of sp³-hybridized carbons (Fsp3) is 0.333. The molecule has 1 aliphatic rings. The Hall–Kier alpha value is -1.47. The first-order valence-corrected chi connectivity index (χ1v) is 7.59. The Morgan fingerprint density at radius 2 is 1.75 bits per heavy atom. The van der Waals surface area contributed by atoms with Gasteiger partial charge in [0.1, 0.15) is 0 Å². The maximum Gasteiger partial charge on any atom is 0.0637 e. The van der Waals surface area contributed by atoms with Crippen molar-refractivity contribution < 1.29 is 0 Å². The van der Waals surface area contributed by atoms with Crippen LogP contribution in [-0.4, -0.2) is 6.04 Å². The van der Waals surface area contributed by atoms with Crippen LogP contribution < -0.4 is 5.32 Å². The second-order valence-corrected chi connectivity index (χ2v) is 6.31. The molecule has 0 spiro atoms. The lowest BCUT2D eigenvalue weighted by Crippen LogP contribution is -2.34. The fourth-order valence-electron chi connectivity index (χ4n) is 2.90. The number of rotatable bonds is 3. The van der Waals surface area contributed by atoms with Crippen molar-refractivity contribution in [3.05, 3.63) is 64.2 Å². The minimum Gasteiger partial charge on any atom is -0.381 e. The van der Waals surface area contributed by atoms with E-state index in [4.69, 9.17) is 11.6 Å². The van der Waals surface area contributed by atoms with E-state index in [1.54, 1.807) is 0 Å². The highest BCUT2D eigenvalue weighted by atomic mass is 35.5. The molecule has 1 N–H and O–H groups in total. The smallest absolute Gasteiger partial charge is 0.0637 e. The maximum atomic E-state index is 6.23. The summed E-state index contributed by atoms with van der Waals surface area (Å²) in [6.07, 6.45) is 2.38. The number of benzene rings is 2.